The summed E-state index contributed by atoms with van der Waals surface area (Å²) in [5, 5.41) is 10.8. The first-order valence-corrected chi connectivity index (χ1v) is 22.8. The van der Waals surface area contributed by atoms with Gasteiger partial charge >= 0.3 is 0 Å². The van der Waals surface area contributed by atoms with Crippen LogP contribution in [0.5, 0.6) is 0 Å². The van der Waals surface area contributed by atoms with Crippen molar-refractivity contribution in [3.63, 3.8) is 0 Å². The van der Waals surface area contributed by atoms with Crippen molar-refractivity contribution in [2.45, 2.75) is 68.0 Å². The van der Waals surface area contributed by atoms with Gasteiger partial charge in [0.05, 0.1) is 33.2 Å². The van der Waals surface area contributed by atoms with Crippen molar-refractivity contribution < 1.29 is 50.2 Å². The summed E-state index contributed by atoms with van der Waals surface area (Å²) in [6.07, 6.45) is 0.909. The summed E-state index contributed by atoms with van der Waals surface area (Å²) < 4.78 is 62.0. The third-order valence-corrected chi connectivity index (χ3v) is 13.2. The number of rotatable bonds is 15. The second-order valence-corrected chi connectivity index (χ2v) is 18.9. The van der Waals surface area contributed by atoms with Crippen LogP contribution in [0.25, 0.3) is 0 Å². The van der Waals surface area contributed by atoms with Crippen LogP contribution in [-0.4, -0.2) is 98.5 Å². The molecule has 0 radical (unpaired) electrons. The van der Waals surface area contributed by atoms with Crippen LogP contribution in [0.2, 0.25) is 0 Å². The van der Waals surface area contributed by atoms with Gasteiger partial charge in [-0.05, 0) is 49.6 Å². The van der Waals surface area contributed by atoms with E-state index in [4.69, 9.17) is 5.73 Å². The van der Waals surface area contributed by atoms with E-state index in [1.807, 2.05) is 0 Å². The zero-order chi connectivity index (χ0) is 45.1. The summed E-state index contributed by atoms with van der Waals surface area (Å²) in [5.74, 6) is -4.35. The van der Waals surface area contributed by atoms with Gasteiger partial charge in [0.15, 0.2) is 21.4 Å². The summed E-state index contributed by atoms with van der Waals surface area (Å²) in [7, 11) is -9.15. The van der Waals surface area contributed by atoms with Crippen molar-refractivity contribution in [2.75, 3.05) is 29.9 Å². The van der Waals surface area contributed by atoms with Crippen LogP contribution < -0.4 is 27.0 Å². The quantitative estimate of drug-likeness (QED) is 0.0653. The lowest BCUT2D eigenvalue weighted by Gasteiger charge is -2.29. The number of carbonyl (C=O) groups is 6. The Balaban J connectivity index is 1.17. The molecule has 2 aliphatic rings. The molecule has 1 aliphatic heterocycles. The number of sulfone groups is 1. The molecule has 4 amide bonds. The number of nitrogen functional groups attached to an aromatic ring is 1. The molecule has 17 nitrogen and oxygen atoms in total. The molecule has 0 spiro atoms. The lowest BCUT2D eigenvalue weighted by atomic mass is 9.82. The van der Waals surface area contributed by atoms with Crippen LogP contribution in [-0.2, 0) is 45.6 Å². The van der Waals surface area contributed by atoms with E-state index < -0.39 is 89.3 Å². The zero-order valence-corrected chi connectivity index (χ0v) is 35.6. The van der Waals surface area contributed by atoms with Gasteiger partial charge in [-0.25, -0.2) is 8.42 Å². The molecule has 0 bridgehead atoms. The van der Waals surface area contributed by atoms with Crippen LogP contribution in [0, 0.1) is 5.92 Å². The molecular weight excluding hydrogens is 841 g/mol. The molecule has 7 N–H and O–H groups in total. The third-order valence-electron chi connectivity index (χ3n) is 10.6. The molecule has 3 unspecified atom stereocenters. The van der Waals surface area contributed by atoms with Crippen molar-refractivity contribution in [3.8, 4) is 0 Å². The van der Waals surface area contributed by atoms with E-state index in [0.29, 0.717) is 18.4 Å². The van der Waals surface area contributed by atoms with E-state index in [2.05, 4.69) is 21.3 Å². The Hall–Kier alpha value is -6.44. The summed E-state index contributed by atoms with van der Waals surface area (Å²) in [6, 6.07) is 18.0. The number of likely N-dealkylation sites (tertiary alicyclic amines) is 1. The highest BCUT2D eigenvalue weighted by molar-refractivity contribution is 7.91. The Morgan fingerprint density at radius 1 is 0.823 bits per heavy atom. The minimum absolute atomic E-state index is 0.0176. The molecule has 326 valence electrons. The van der Waals surface area contributed by atoms with Gasteiger partial charge in [0, 0.05) is 42.2 Å². The fourth-order valence-corrected chi connectivity index (χ4v) is 9.24. The number of nitrogens with one attached hydrogen (secondary N) is 4. The van der Waals surface area contributed by atoms with Gasteiger partial charge in [0.25, 0.3) is 10.1 Å². The molecular formula is C43H46N6O11S2. The summed E-state index contributed by atoms with van der Waals surface area (Å²) in [5.41, 5.74) is 5.27. The lowest BCUT2D eigenvalue weighted by Crippen LogP contribution is -2.56. The van der Waals surface area contributed by atoms with Crippen molar-refractivity contribution in [1.29, 1.82) is 0 Å². The molecule has 1 heterocycles. The monoisotopic (exact) mass is 886 g/mol. The smallest absolute Gasteiger partial charge is 0.296 e. The van der Waals surface area contributed by atoms with Gasteiger partial charge in [0.2, 0.25) is 23.6 Å². The number of nitrogens with two attached hydrogens (primary N) is 1. The largest absolute Gasteiger partial charge is 0.397 e. The Bertz CT molecular complexity index is 2690. The summed E-state index contributed by atoms with van der Waals surface area (Å²) in [6.45, 7) is 4.84. The molecule has 62 heavy (non-hydrogen) atoms. The average molecular weight is 887 g/mol. The minimum Gasteiger partial charge on any atom is -0.397 e. The highest BCUT2D eigenvalue weighted by Crippen LogP contribution is 2.40. The van der Waals surface area contributed by atoms with Crippen molar-refractivity contribution >= 4 is 72.2 Å². The van der Waals surface area contributed by atoms with Crippen molar-refractivity contribution in [3.05, 3.63) is 113 Å². The molecule has 19 heteroatoms. The Morgan fingerprint density at radius 2 is 1.47 bits per heavy atom. The SMILES string of the molecule is CC(C)C(=O)NC(C)C(=O)N1CCCC1C(=O)NC(Cc1ccccc1)C(=O)NCCS(=O)(=O)c1cccc(Nc2cc(S(=O)(=O)O)c(N)c3c2C(=O)c2ccccc2C3=O)c1. The Morgan fingerprint density at radius 3 is 2.11 bits per heavy atom. The number of fused-ring (bicyclic) bond motifs is 2. The van der Waals surface area contributed by atoms with Gasteiger partial charge in [-0.1, -0.05) is 74.5 Å². The standard InChI is InChI=1S/C43H46N6O11S2/c1-24(2)40(52)46-25(3)43(55)49-19-10-17-33(49)42(54)48-32(21-26-11-5-4-6-12-26)41(53)45-18-20-61(56,57)28-14-9-13-27(22-28)47-31-23-34(62(58,59)60)37(44)36-35(31)38(50)29-15-7-8-16-30(29)39(36)51/h4-9,11-16,22-25,32-33,47H,10,17-21,44H2,1-3H3,(H,45,53)(H,46,52)(H,48,54)(H,58,59,60). The highest BCUT2D eigenvalue weighted by Gasteiger charge is 2.39. The maximum Gasteiger partial charge on any atom is 0.296 e. The summed E-state index contributed by atoms with van der Waals surface area (Å²) in [4.78, 5) is 80.5. The van der Waals surface area contributed by atoms with Crippen LogP contribution in [0.3, 0.4) is 0 Å². The minimum atomic E-state index is -5.01. The summed E-state index contributed by atoms with van der Waals surface area (Å²) >= 11 is 0. The number of amides is 4. The second-order valence-electron chi connectivity index (χ2n) is 15.4. The number of anilines is 3. The number of hydrogen-bond donors (Lipinski definition) is 6. The van der Waals surface area contributed by atoms with Gasteiger partial charge < -0.3 is 31.9 Å². The van der Waals surface area contributed by atoms with Crippen molar-refractivity contribution in [2.24, 2.45) is 5.92 Å². The number of ketones is 2. The van der Waals surface area contributed by atoms with E-state index in [1.54, 1.807) is 57.2 Å². The molecule has 1 aliphatic carbocycles. The highest BCUT2D eigenvalue weighted by atomic mass is 32.2. The zero-order valence-electron chi connectivity index (χ0n) is 34.0. The lowest BCUT2D eigenvalue weighted by molar-refractivity contribution is -0.142. The van der Waals surface area contributed by atoms with E-state index in [1.165, 1.54) is 47.4 Å². The van der Waals surface area contributed by atoms with E-state index >= 15 is 0 Å². The van der Waals surface area contributed by atoms with Gasteiger partial charge in [-0.2, -0.15) is 8.42 Å². The molecule has 0 aromatic heterocycles. The van der Waals surface area contributed by atoms with Gasteiger partial charge in [0.1, 0.15) is 23.0 Å². The Labute approximate surface area is 358 Å². The van der Waals surface area contributed by atoms with E-state index in [9.17, 15) is 50.2 Å². The first kappa shape index (κ1) is 45.1. The fraction of sp³-hybridized carbons (Fsp3) is 0.302. The van der Waals surface area contributed by atoms with Crippen molar-refractivity contribution in [1.82, 2.24) is 20.9 Å². The average Bonchev–Trinajstić information content (AvgIpc) is 3.73. The molecule has 0 saturated carbocycles. The van der Waals surface area contributed by atoms with Gasteiger partial charge in [-0.15, -0.1) is 0 Å². The number of nitrogens with zero attached hydrogens (tertiary/aromatic N) is 1. The molecule has 1 saturated heterocycles. The Kier molecular flexibility index (Phi) is 13.3. The first-order chi connectivity index (χ1) is 29.3. The van der Waals surface area contributed by atoms with Crippen LogP contribution in [0.1, 0.15) is 71.0 Å². The normalized spacial score (nSPS) is 15.9. The predicted octanol–water partition coefficient (Wildman–Crippen LogP) is 2.80. The number of hydrogen-bond acceptors (Lipinski definition) is 12. The topological polar surface area (TPSA) is 268 Å². The second kappa shape index (κ2) is 18.3. The maximum atomic E-state index is 13.7. The van der Waals surface area contributed by atoms with E-state index in [0.717, 1.165) is 6.07 Å². The van der Waals surface area contributed by atoms with Gasteiger partial charge in [-0.3, -0.25) is 33.3 Å². The molecule has 6 rings (SSSR count). The maximum absolute atomic E-state index is 13.7. The molecule has 4 aromatic rings. The number of carbonyl (C=O) groups excluding carboxylic acids is 6. The fourth-order valence-electron chi connectivity index (χ4n) is 7.40. The molecule has 3 atom stereocenters. The van der Waals surface area contributed by atoms with Crippen LogP contribution in [0.15, 0.2) is 94.7 Å². The molecule has 1 fully saturated rings. The van der Waals surface area contributed by atoms with Crippen LogP contribution >= 0.6 is 0 Å². The molecule has 4 aromatic carbocycles. The predicted molar refractivity (Wildman–Crippen MR) is 228 cm³/mol. The third kappa shape index (κ3) is 9.69. The van der Waals surface area contributed by atoms with E-state index in [-0.39, 0.29) is 64.3 Å². The first-order valence-electron chi connectivity index (χ1n) is 19.7. The van der Waals surface area contributed by atoms with Crippen LogP contribution in [0.4, 0.5) is 17.1 Å². The number of benzene rings is 4.